The molecule has 1 heterocycles. The molecule has 1 aromatic carbocycles. The summed E-state index contributed by atoms with van der Waals surface area (Å²) in [6.45, 7) is 1.74. The van der Waals surface area contributed by atoms with Crippen LogP contribution in [0.4, 0.5) is 4.79 Å². The number of carbonyl (C=O) groups excluding carboxylic acids is 1. The highest BCUT2D eigenvalue weighted by Gasteiger charge is 2.21. The topological polar surface area (TPSA) is 50.9 Å². The quantitative estimate of drug-likeness (QED) is 0.770. The van der Waals surface area contributed by atoms with Crippen LogP contribution >= 0.6 is 0 Å². The molecule has 0 spiro atoms. The fraction of sp³-hybridized carbons (Fsp3) is 0.417. The largest absolute Gasteiger partial charge is 0.445 e. The first-order valence-electron chi connectivity index (χ1n) is 5.41. The normalized spacial score (nSPS) is 17.9. The van der Waals surface area contributed by atoms with Gasteiger partial charge >= 0.3 is 6.09 Å². The van der Waals surface area contributed by atoms with E-state index in [1.54, 1.807) is 0 Å². The molecule has 1 amide bonds. The average Bonchev–Trinajstić information content (AvgIpc) is 3.12. The summed E-state index contributed by atoms with van der Waals surface area (Å²) in [5.41, 5.74) is 0.989. The predicted molar refractivity (Wildman–Crippen MR) is 59.0 cm³/mol. The average molecular weight is 221 g/mol. The van der Waals surface area contributed by atoms with Gasteiger partial charge in [-0.15, -0.1) is 0 Å². The molecule has 1 aromatic rings. The third-order valence-corrected chi connectivity index (χ3v) is 2.35. The molecular formula is C12H15NO3. The third-order valence-electron chi connectivity index (χ3n) is 2.35. The van der Waals surface area contributed by atoms with Crippen molar-refractivity contribution in [1.82, 2.24) is 5.32 Å². The van der Waals surface area contributed by atoms with Crippen LogP contribution in [0, 0.1) is 0 Å². The van der Waals surface area contributed by atoms with E-state index >= 15 is 0 Å². The monoisotopic (exact) mass is 221 g/mol. The molecule has 0 aliphatic carbocycles. The van der Waals surface area contributed by atoms with Gasteiger partial charge in [0.1, 0.15) is 6.61 Å². The van der Waals surface area contributed by atoms with Crippen molar-refractivity contribution in [1.29, 1.82) is 0 Å². The highest BCUT2D eigenvalue weighted by molar-refractivity contribution is 5.67. The molecule has 1 N–H and O–H groups in total. The van der Waals surface area contributed by atoms with Gasteiger partial charge in [0.2, 0.25) is 0 Å². The summed E-state index contributed by atoms with van der Waals surface area (Å²) in [5.74, 6) is 0. The highest BCUT2D eigenvalue weighted by atomic mass is 16.6. The molecule has 1 saturated heterocycles. The van der Waals surface area contributed by atoms with E-state index in [9.17, 15) is 4.79 Å². The highest BCUT2D eigenvalue weighted by Crippen LogP contribution is 2.11. The second-order valence-corrected chi connectivity index (χ2v) is 3.73. The first-order chi connectivity index (χ1) is 7.84. The third kappa shape index (κ3) is 3.90. The Kier molecular flexibility index (Phi) is 3.77. The van der Waals surface area contributed by atoms with Gasteiger partial charge in [-0.3, -0.25) is 0 Å². The maximum atomic E-state index is 11.2. The molecule has 1 aliphatic rings. The number of nitrogens with one attached hydrogen (secondary N) is 1. The van der Waals surface area contributed by atoms with Crippen LogP contribution in [0.3, 0.4) is 0 Å². The standard InChI is InChI=1S/C12H15NO3/c14-12(13-7-6-11-9-15-11)16-8-10-4-2-1-3-5-10/h1-5,11H,6-9H2,(H,13,14). The molecule has 0 bridgehead atoms. The van der Waals surface area contributed by atoms with Gasteiger partial charge in [-0.1, -0.05) is 30.3 Å². The number of benzene rings is 1. The van der Waals surface area contributed by atoms with Gasteiger partial charge in [-0.2, -0.15) is 0 Å². The van der Waals surface area contributed by atoms with Gasteiger partial charge in [0.25, 0.3) is 0 Å². The molecule has 1 aliphatic heterocycles. The van der Waals surface area contributed by atoms with E-state index in [0.29, 0.717) is 19.3 Å². The Morgan fingerprint density at radius 3 is 2.88 bits per heavy atom. The first kappa shape index (κ1) is 11.0. The molecule has 1 unspecified atom stereocenters. The van der Waals surface area contributed by atoms with Crippen molar-refractivity contribution < 1.29 is 14.3 Å². The summed E-state index contributed by atoms with van der Waals surface area (Å²) in [6, 6.07) is 9.61. The lowest BCUT2D eigenvalue weighted by Gasteiger charge is -2.06. The molecule has 1 atom stereocenters. The van der Waals surface area contributed by atoms with Gasteiger partial charge in [0.15, 0.2) is 0 Å². The van der Waals surface area contributed by atoms with Crippen molar-refractivity contribution in [3.05, 3.63) is 35.9 Å². The Bertz CT molecular complexity index is 335. The molecule has 1 fully saturated rings. The van der Waals surface area contributed by atoms with Crippen LogP contribution in [0.25, 0.3) is 0 Å². The SMILES string of the molecule is O=C(NCCC1CO1)OCc1ccccc1. The molecule has 2 rings (SSSR count). The zero-order chi connectivity index (χ0) is 11.2. The Labute approximate surface area is 94.6 Å². The van der Waals surface area contributed by atoms with Crippen LogP contribution in [0.2, 0.25) is 0 Å². The van der Waals surface area contributed by atoms with Crippen molar-refractivity contribution in [3.8, 4) is 0 Å². The molecule has 0 radical (unpaired) electrons. The Balaban J connectivity index is 1.59. The van der Waals surface area contributed by atoms with Crippen LogP contribution < -0.4 is 5.32 Å². The van der Waals surface area contributed by atoms with Gasteiger partial charge in [0.05, 0.1) is 12.7 Å². The number of amides is 1. The lowest BCUT2D eigenvalue weighted by molar-refractivity contribution is 0.139. The summed E-state index contributed by atoms with van der Waals surface area (Å²) >= 11 is 0. The van der Waals surface area contributed by atoms with Crippen LogP contribution in [0.5, 0.6) is 0 Å². The van der Waals surface area contributed by atoms with E-state index in [1.165, 1.54) is 0 Å². The van der Waals surface area contributed by atoms with Crippen molar-refractivity contribution in [2.45, 2.75) is 19.1 Å². The van der Waals surface area contributed by atoms with E-state index in [2.05, 4.69) is 5.32 Å². The molecule has 4 heteroatoms. The van der Waals surface area contributed by atoms with E-state index < -0.39 is 0 Å². The lowest BCUT2D eigenvalue weighted by atomic mass is 10.2. The number of epoxide rings is 1. The molecule has 4 nitrogen and oxygen atoms in total. The summed E-state index contributed by atoms with van der Waals surface area (Å²) in [4.78, 5) is 11.2. The first-order valence-corrected chi connectivity index (χ1v) is 5.41. The zero-order valence-electron chi connectivity index (χ0n) is 9.02. The van der Waals surface area contributed by atoms with Crippen molar-refractivity contribution in [3.63, 3.8) is 0 Å². The van der Waals surface area contributed by atoms with Crippen LogP contribution in [-0.4, -0.2) is 25.3 Å². The number of carbonyl (C=O) groups is 1. The van der Waals surface area contributed by atoms with Gasteiger partial charge in [-0.25, -0.2) is 4.79 Å². The maximum Gasteiger partial charge on any atom is 0.407 e. The molecule has 0 saturated carbocycles. The van der Waals surface area contributed by atoms with Gasteiger partial charge in [-0.05, 0) is 12.0 Å². The number of hydrogen-bond acceptors (Lipinski definition) is 3. The number of ether oxygens (including phenoxy) is 2. The fourth-order valence-corrected chi connectivity index (χ4v) is 1.34. The molecular weight excluding hydrogens is 206 g/mol. The number of hydrogen-bond donors (Lipinski definition) is 1. The minimum absolute atomic E-state index is 0.312. The van der Waals surface area contributed by atoms with E-state index in [0.717, 1.165) is 18.6 Å². The minimum Gasteiger partial charge on any atom is -0.445 e. The second kappa shape index (κ2) is 5.51. The van der Waals surface area contributed by atoms with Crippen LogP contribution in [-0.2, 0) is 16.1 Å². The molecule has 0 aromatic heterocycles. The second-order valence-electron chi connectivity index (χ2n) is 3.73. The number of rotatable bonds is 5. The van der Waals surface area contributed by atoms with Crippen molar-refractivity contribution in [2.75, 3.05) is 13.2 Å². The minimum atomic E-state index is -0.371. The van der Waals surface area contributed by atoms with Crippen LogP contribution in [0.1, 0.15) is 12.0 Å². The molecule has 86 valence electrons. The smallest absolute Gasteiger partial charge is 0.407 e. The predicted octanol–water partition coefficient (Wildman–Crippen LogP) is 1.70. The van der Waals surface area contributed by atoms with Crippen molar-refractivity contribution >= 4 is 6.09 Å². The lowest BCUT2D eigenvalue weighted by Crippen LogP contribution is -2.26. The van der Waals surface area contributed by atoms with E-state index in [-0.39, 0.29) is 6.09 Å². The van der Waals surface area contributed by atoms with E-state index in [1.807, 2.05) is 30.3 Å². The zero-order valence-corrected chi connectivity index (χ0v) is 9.02. The maximum absolute atomic E-state index is 11.2. The Morgan fingerprint density at radius 2 is 2.19 bits per heavy atom. The van der Waals surface area contributed by atoms with E-state index in [4.69, 9.17) is 9.47 Å². The summed E-state index contributed by atoms with van der Waals surface area (Å²) < 4.78 is 10.1. The van der Waals surface area contributed by atoms with Gasteiger partial charge < -0.3 is 14.8 Å². The summed E-state index contributed by atoms with van der Waals surface area (Å²) in [6.07, 6.45) is 0.833. The van der Waals surface area contributed by atoms with Crippen LogP contribution in [0.15, 0.2) is 30.3 Å². The fourth-order valence-electron chi connectivity index (χ4n) is 1.34. The molecule has 16 heavy (non-hydrogen) atoms. The Morgan fingerprint density at radius 1 is 1.44 bits per heavy atom. The van der Waals surface area contributed by atoms with Gasteiger partial charge in [0, 0.05) is 6.54 Å². The Hall–Kier alpha value is -1.55. The number of alkyl carbamates (subject to hydrolysis) is 1. The van der Waals surface area contributed by atoms with Crippen molar-refractivity contribution in [2.24, 2.45) is 0 Å². The summed E-state index contributed by atoms with van der Waals surface area (Å²) in [7, 11) is 0. The summed E-state index contributed by atoms with van der Waals surface area (Å²) in [5, 5.41) is 2.68.